The molecule has 1 heterocycles. The Balaban J connectivity index is 1.71. The second-order valence-electron chi connectivity index (χ2n) is 8.14. The normalized spacial score (nSPS) is 18.2. The van der Waals surface area contributed by atoms with Crippen LogP contribution in [0, 0.1) is 0 Å². The summed E-state index contributed by atoms with van der Waals surface area (Å²) in [4.78, 5) is 28.4. The third-order valence-electron chi connectivity index (χ3n) is 5.90. The van der Waals surface area contributed by atoms with Gasteiger partial charge in [-0.25, -0.2) is 12.7 Å². The van der Waals surface area contributed by atoms with Crippen molar-refractivity contribution in [2.24, 2.45) is 0 Å². The molecule has 0 saturated carbocycles. The molecule has 0 fully saturated rings. The maximum absolute atomic E-state index is 13.6. The van der Waals surface area contributed by atoms with Crippen molar-refractivity contribution in [1.29, 1.82) is 0 Å². The van der Waals surface area contributed by atoms with Crippen molar-refractivity contribution in [3.8, 4) is 0 Å². The lowest BCUT2D eigenvalue weighted by Gasteiger charge is -2.39. The summed E-state index contributed by atoms with van der Waals surface area (Å²) in [6, 6.07) is 22.2. The first-order valence-electron chi connectivity index (χ1n) is 10.5. The van der Waals surface area contributed by atoms with Crippen LogP contribution in [-0.2, 0) is 14.8 Å². The SMILES string of the molecule is CN1C(=O)c2ccccc2[C@@H](C(=O)Nc2ccc(S(=O)(=O)N(C)C)cc2)[C@@H]1c1ccccc1. The van der Waals surface area contributed by atoms with Crippen LogP contribution < -0.4 is 5.32 Å². The van der Waals surface area contributed by atoms with Gasteiger partial charge in [0.2, 0.25) is 15.9 Å². The van der Waals surface area contributed by atoms with E-state index in [1.807, 2.05) is 42.5 Å². The van der Waals surface area contributed by atoms with Crippen LogP contribution in [0.1, 0.15) is 33.4 Å². The van der Waals surface area contributed by atoms with E-state index in [0.717, 1.165) is 9.87 Å². The minimum absolute atomic E-state index is 0.137. The first-order valence-corrected chi connectivity index (χ1v) is 11.9. The number of benzene rings is 3. The fraction of sp³-hybridized carbons (Fsp3) is 0.200. The summed E-state index contributed by atoms with van der Waals surface area (Å²) in [5.74, 6) is -1.06. The van der Waals surface area contributed by atoms with Crippen molar-refractivity contribution in [1.82, 2.24) is 9.21 Å². The first kappa shape index (κ1) is 22.7. The van der Waals surface area contributed by atoms with Crippen LogP contribution >= 0.6 is 0 Å². The Morgan fingerprint density at radius 1 is 0.909 bits per heavy atom. The predicted molar refractivity (Wildman–Crippen MR) is 126 cm³/mol. The van der Waals surface area contributed by atoms with Crippen molar-refractivity contribution in [3.63, 3.8) is 0 Å². The fourth-order valence-electron chi connectivity index (χ4n) is 4.16. The van der Waals surface area contributed by atoms with Gasteiger partial charge in [0.1, 0.15) is 0 Å². The average molecular weight is 464 g/mol. The minimum Gasteiger partial charge on any atom is -0.334 e. The number of carbonyl (C=O) groups excluding carboxylic acids is 2. The highest BCUT2D eigenvalue weighted by Gasteiger charge is 2.42. The number of hydrogen-bond donors (Lipinski definition) is 1. The number of anilines is 1. The fourth-order valence-corrected chi connectivity index (χ4v) is 5.07. The topological polar surface area (TPSA) is 86.8 Å². The third-order valence-corrected chi connectivity index (χ3v) is 7.73. The molecule has 3 aromatic carbocycles. The summed E-state index contributed by atoms with van der Waals surface area (Å²) in [6.45, 7) is 0. The molecule has 2 atom stereocenters. The zero-order chi connectivity index (χ0) is 23.8. The van der Waals surface area contributed by atoms with E-state index >= 15 is 0 Å². The molecule has 1 aliphatic rings. The Morgan fingerprint density at radius 2 is 1.52 bits per heavy atom. The highest BCUT2D eigenvalue weighted by molar-refractivity contribution is 7.89. The van der Waals surface area contributed by atoms with E-state index in [2.05, 4.69) is 5.32 Å². The molecule has 1 aliphatic heterocycles. The first-order chi connectivity index (χ1) is 15.7. The summed E-state index contributed by atoms with van der Waals surface area (Å²) in [5, 5.41) is 2.91. The molecule has 2 amide bonds. The predicted octanol–water partition coefficient (Wildman–Crippen LogP) is 3.49. The highest BCUT2D eigenvalue weighted by atomic mass is 32.2. The molecule has 0 radical (unpaired) electrons. The summed E-state index contributed by atoms with van der Waals surface area (Å²) in [6.07, 6.45) is 0. The van der Waals surface area contributed by atoms with E-state index in [1.54, 1.807) is 36.2 Å². The number of hydrogen-bond acceptors (Lipinski definition) is 4. The standard InChI is InChI=1S/C25H25N3O4S/c1-27(2)33(31,32)19-15-13-18(14-16-19)26-24(29)22-20-11-7-8-12-21(20)25(30)28(3)23(22)17-9-5-4-6-10-17/h4-16,22-23H,1-3H3,(H,26,29)/t22-,23+/m1/s1. The molecule has 3 aromatic rings. The Hall–Kier alpha value is -3.49. The van der Waals surface area contributed by atoms with Gasteiger partial charge in [-0.3, -0.25) is 9.59 Å². The number of likely N-dealkylation sites (N-methyl/N-ethyl adjacent to an activating group) is 1. The number of rotatable bonds is 5. The van der Waals surface area contributed by atoms with Gasteiger partial charge in [0, 0.05) is 32.4 Å². The molecule has 0 spiro atoms. The van der Waals surface area contributed by atoms with Crippen LogP contribution in [0.3, 0.4) is 0 Å². The molecule has 4 rings (SSSR count). The van der Waals surface area contributed by atoms with Crippen LogP contribution in [0.15, 0.2) is 83.8 Å². The number of fused-ring (bicyclic) bond motifs is 1. The quantitative estimate of drug-likeness (QED) is 0.628. The molecule has 0 bridgehead atoms. The molecule has 7 nitrogen and oxygen atoms in total. The summed E-state index contributed by atoms with van der Waals surface area (Å²) >= 11 is 0. The Bertz CT molecular complexity index is 1290. The van der Waals surface area contributed by atoms with Crippen molar-refractivity contribution < 1.29 is 18.0 Å². The molecule has 0 aliphatic carbocycles. The molecule has 33 heavy (non-hydrogen) atoms. The van der Waals surface area contributed by atoms with Crippen LogP contribution in [-0.4, -0.2) is 50.6 Å². The van der Waals surface area contributed by atoms with Crippen LogP contribution in [0.2, 0.25) is 0 Å². The molecule has 0 saturated heterocycles. The van der Waals surface area contributed by atoms with Crippen LogP contribution in [0.4, 0.5) is 5.69 Å². The van der Waals surface area contributed by atoms with Gasteiger partial charge >= 0.3 is 0 Å². The maximum Gasteiger partial charge on any atom is 0.254 e. The van der Waals surface area contributed by atoms with Gasteiger partial charge in [0.25, 0.3) is 5.91 Å². The lowest BCUT2D eigenvalue weighted by molar-refractivity contribution is -0.119. The van der Waals surface area contributed by atoms with E-state index < -0.39 is 22.0 Å². The molecule has 1 N–H and O–H groups in total. The lowest BCUT2D eigenvalue weighted by atomic mass is 9.79. The van der Waals surface area contributed by atoms with Gasteiger partial charge in [-0.15, -0.1) is 0 Å². The largest absolute Gasteiger partial charge is 0.334 e. The number of sulfonamides is 1. The van der Waals surface area contributed by atoms with Crippen molar-refractivity contribution in [3.05, 3.63) is 95.6 Å². The van der Waals surface area contributed by atoms with Gasteiger partial charge in [0.15, 0.2) is 0 Å². The van der Waals surface area contributed by atoms with E-state index in [9.17, 15) is 18.0 Å². The molecule has 0 aromatic heterocycles. The van der Waals surface area contributed by atoms with Crippen LogP contribution in [0.25, 0.3) is 0 Å². The number of carbonyl (C=O) groups is 2. The third kappa shape index (κ3) is 4.15. The van der Waals surface area contributed by atoms with E-state index in [4.69, 9.17) is 0 Å². The molecular formula is C25H25N3O4S. The summed E-state index contributed by atoms with van der Waals surface area (Å²) < 4.78 is 25.8. The van der Waals surface area contributed by atoms with E-state index in [0.29, 0.717) is 16.8 Å². The van der Waals surface area contributed by atoms with Gasteiger partial charge in [-0.2, -0.15) is 0 Å². The maximum atomic E-state index is 13.6. The minimum atomic E-state index is -3.56. The van der Waals surface area contributed by atoms with Crippen molar-refractivity contribution in [2.75, 3.05) is 26.5 Å². The number of amides is 2. The zero-order valence-electron chi connectivity index (χ0n) is 18.6. The molecule has 170 valence electrons. The van der Waals surface area contributed by atoms with Crippen molar-refractivity contribution in [2.45, 2.75) is 16.9 Å². The number of nitrogens with zero attached hydrogens (tertiary/aromatic N) is 2. The highest BCUT2D eigenvalue weighted by Crippen LogP contribution is 2.42. The van der Waals surface area contributed by atoms with Crippen LogP contribution in [0.5, 0.6) is 0 Å². The van der Waals surface area contributed by atoms with Gasteiger partial charge in [-0.05, 0) is 41.5 Å². The van der Waals surface area contributed by atoms with E-state index in [1.165, 1.54) is 26.2 Å². The summed E-state index contributed by atoms with van der Waals surface area (Å²) in [7, 11) is 1.07. The monoisotopic (exact) mass is 463 g/mol. The van der Waals surface area contributed by atoms with Gasteiger partial charge in [-0.1, -0.05) is 48.5 Å². The molecular weight excluding hydrogens is 438 g/mol. The van der Waals surface area contributed by atoms with Gasteiger partial charge in [0.05, 0.1) is 16.9 Å². The van der Waals surface area contributed by atoms with E-state index in [-0.39, 0.29) is 16.7 Å². The summed E-state index contributed by atoms with van der Waals surface area (Å²) in [5.41, 5.74) is 2.50. The lowest BCUT2D eigenvalue weighted by Crippen LogP contribution is -2.44. The molecule has 8 heteroatoms. The average Bonchev–Trinajstić information content (AvgIpc) is 2.82. The Labute approximate surface area is 193 Å². The number of nitrogens with one attached hydrogen (secondary N) is 1. The smallest absolute Gasteiger partial charge is 0.254 e. The molecule has 0 unspecified atom stereocenters. The van der Waals surface area contributed by atoms with Crippen molar-refractivity contribution >= 4 is 27.5 Å². The zero-order valence-corrected chi connectivity index (χ0v) is 19.4. The second kappa shape index (κ2) is 8.80. The van der Waals surface area contributed by atoms with Gasteiger partial charge < -0.3 is 10.2 Å². The Kier molecular flexibility index (Phi) is 6.05. The second-order valence-corrected chi connectivity index (χ2v) is 10.3. The Morgan fingerprint density at radius 3 is 2.15 bits per heavy atom.